The fourth-order valence-corrected chi connectivity index (χ4v) is 4.12. The van der Waals surface area contributed by atoms with Crippen molar-refractivity contribution < 1.29 is 4.74 Å². The number of H-pyrrole nitrogens is 1. The fourth-order valence-electron chi connectivity index (χ4n) is 3.80. The molecule has 1 aliphatic rings. The molecule has 0 spiro atoms. The summed E-state index contributed by atoms with van der Waals surface area (Å²) in [5.74, 6) is 1.16. The molecule has 0 saturated heterocycles. The van der Waals surface area contributed by atoms with E-state index in [4.69, 9.17) is 16.3 Å². The molecular weight excluding hydrogens is 388 g/mol. The summed E-state index contributed by atoms with van der Waals surface area (Å²) in [5, 5.41) is 11.7. The van der Waals surface area contributed by atoms with Crippen LogP contribution in [0.25, 0.3) is 22.6 Å². The first-order chi connectivity index (χ1) is 14.2. The Balaban J connectivity index is 1.41. The minimum Gasteiger partial charge on any atom is -0.493 e. The van der Waals surface area contributed by atoms with Gasteiger partial charge in [-0.25, -0.2) is 4.98 Å². The molecule has 0 amide bonds. The number of hydrogen-bond donors (Lipinski definition) is 1. The van der Waals surface area contributed by atoms with Crippen LogP contribution in [0.4, 0.5) is 0 Å². The zero-order chi connectivity index (χ0) is 19.8. The summed E-state index contributed by atoms with van der Waals surface area (Å²) in [7, 11) is 0. The average molecular weight is 407 g/mol. The molecule has 5 rings (SSSR count). The van der Waals surface area contributed by atoms with E-state index in [1.807, 2.05) is 49.8 Å². The van der Waals surface area contributed by atoms with Crippen molar-refractivity contribution in [2.24, 2.45) is 0 Å². The highest BCUT2D eigenvalue weighted by Crippen LogP contribution is 2.39. The Bertz CT molecular complexity index is 1170. The number of aromatic amines is 1. The molecule has 0 radical (unpaired) electrons. The zero-order valence-electron chi connectivity index (χ0n) is 15.8. The molecule has 1 aliphatic heterocycles. The lowest BCUT2D eigenvalue weighted by molar-refractivity contribution is 0.259. The molecule has 4 aromatic rings. The van der Waals surface area contributed by atoms with Gasteiger partial charge in [-0.2, -0.15) is 15.4 Å². The molecule has 29 heavy (non-hydrogen) atoms. The minimum absolute atomic E-state index is 0.284. The highest BCUT2D eigenvalue weighted by molar-refractivity contribution is 6.31. The second kappa shape index (κ2) is 7.33. The van der Waals surface area contributed by atoms with Crippen LogP contribution >= 0.6 is 11.6 Å². The molecule has 3 aromatic heterocycles. The molecule has 1 atom stereocenters. The first kappa shape index (κ1) is 17.9. The number of hydrogen-bond acceptors (Lipinski definition) is 5. The SMILES string of the molecule is Cc1n[nH]nc1-c1ccnc(-c2cn(C[C@H]3CCOc4cccc(Cl)c43)cn2)c1. The molecule has 1 aromatic carbocycles. The molecule has 146 valence electrons. The van der Waals surface area contributed by atoms with E-state index >= 15 is 0 Å². The van der Waals surface area contributed by atoms with Crippen LogP contribution in [0.15, 0.2) is 49.1 Å². The quantitative estimate of drug-likeness (QED) is 0.547. The Kier molecular flexibility index (Phi) is 4.52. The molecule has 0 fully saturated rings. The number of aromatic nitrogens is 6. The predicted molar refractivity (Wildman–Crippen MR) is 110 cm³/mol. The number of nitrogens with one attached hydrogen (secondary N) is 1. The van der Waals surface area contributed by atoms with Crippen LogP contribution in [0, 0.1) is 6.92 Å². The molecule has 0 saturated carbocycles. The summed E-state index contributed by atoms with van der Waals surface area (Å²) in [6, 6.07) is 9.73. The Morgan fingerprint density at radius 3 is 3.00 bits per heavy atom. The maximum absolute atomic E-state index is 6.45. The van der Waals surface area contributed by atoms with E-state index in [-0.39, 0.29) is 5.92 Å². The van der Waals surface area contributed by atoms with Gasteiger partial charge >= 0.3 is 0 Å². The fraction of sp³-hybridized carbons (Fsp3) is 0.238. The highest BCUT2D eigenvalue weighted by atomic mass is 35.5. The Labute approximate surface area is 172 Å². The van der Waals surface area contributed by atoms with Crippen molar-refractivity contribution >= 4 is 11.6 Å². The maximum atomic E-state index is 6.45. The zero-order valence-corrected chi connectivity index (χ0v) is 16.6. The third-order valence-corrected chi connectivity index (χ3v) is 5.56. The van der Waals surface area contributed by atoms with E-state index in [1.165, 1.54) is 0 Å². The second-order valence-electron chi connectivity index (χ2n) is 7.13. The number of ether oxygens (including phenoxy) is 1. The number of nitrogens with zero attached hydrogens (tertiary/aromatic N) is 5. The summed E-state index contributed by atoms with van der Waals surface area (Å²) in [4.78, 5) is 9.05. The van der Waals surface area contributed by atoms with Crippen molar-refractivity contribution in [3.63, 3.8) is 0 Å². The van der Waals surface area contributed by atoms with Crippen molar-refractivity contribution in [2.75, 3.05) is 6.61 Å². The molecule has 7 nitrogen and oxygen atoms in total. The van der Waals surface area contributed by atoms with Crippen LogP contribution < -0.4 is 4.74 Å². The van der Waals surface area contributed by atoms with Gasteiger partial charge < -0.3 is 9.30 Å². The van der Waals surface area contributed by atoms with E-state index in [2.05, 4.69) is 29.9 Å². The number of rotatable bonds is 4. The molecule has 0 bridgehead atoms. The first-order valence-electron chi connectivity index (χ1n) is 9.46. The number of aryl methyl sites for hydroxylation is 1. The highest BCUT2D eigenvalue weighted by Gasteiger charge is 2.24. The van der Waals surface area contributed by atoms with Crippen molar-refractivity contribution in [1.82, 2.24) is 29.9 Å². The molecule has 0 unspecified atom stereocenters. The van der Waals surface area contributed by atoms with Gasteiger partial charge in [-0.15, -0.1) is 0 Å². The summed E-state index contributed by atoms with van der Waals surface area (Å²) in [5.41, 5.74) is 5.33. The van der Waals surface area contributed by atoms with Gasteiger partial charge in [0.1, 0.15) is 17.1 Å². The van der Waals surface area contributed by atoms with Crippen molar-refractivity contribution in [3.05, 3.63) is 65.3 Å². The van der Waals surface area contributed by atoms with E-state index in [0.717, 1.165) is 57.6 Å². The van der Waals surface area contributed by atoms with Crippen LogP contribution in [-0.2, 0) is 6.54 Å². The Hall–Kier alpha value is -3.19. The maximum Gasteiger partial charge on any atom is 0.124 e. The molecule has 0 aliphatic carbocycles. The summed E-state index contributed by atoms with van der Waals surface area (Å²) in [6.07, 6.45) is 6.56. The van der Waals surface area contributed by atoms with E-state index < -0.39 is 0 Å². The lowest BCUT2D eigenvalue weighted by atomic mass is 9.93. The molecular formula is C21H19ClN6O. The van der Waals surface area contributed by atoms with E-state index in [1.54, 1.807) is 6.20 Å². The van der Waals surface area contributed by atoms with Crippen LogP contribution in [0.1, 0.15) is 23.6 Å². The summed E-state index contributed by atoms with van der Waals surface area (Å²) in [6.45, 7) is 3.40. The monoisotopic (exact) mass is 406 g/mol. The normalized spacial score (nSPS) is 15.7. The van der Waals surface area contributed by atoms with Crippen molar-refractivity contribution in [2.45, 2.75) is 25.8 Å². The number of pyridine rings is 1. The minimum atomic E-state index is 0.284. The standard InChI is InChI=1S/C21H19ClN6O/c1-13-21(26-27-25-13)14-5-7-23-17(9-14)18-11-28(12-24-18)10-15-6-8-29-19-4-2-3-16(22)20(15)19/h2-5,7,9,11-12,15H,6,8,10H2,1H3,(H,25,26,27)/t15-/m1/s1. The third-order valence-electron chi connectivity index (χ3n) is 5.23. The van der Waals surface area contributed by atoms with Crippen LogP contribution in [0.5, 0.6) is 5.75 Å². The van der Waals surface area contributed by atoms with Crippen molar-refractivity contribution in [1.29, 1.82) is 0 Å². The predicted octanol–water partition coefficient (Wildman–Crippen LogP) is 4.26. The lowest BCUT2D eigenvalue weighted by Gasteiger charge is -2.27. The van der Waals surface area contributed by atoms with Crippen LogP contribution in [0.3, 0.4) is 0 Å². The molecule has 4 heterocycles. The number of benzene rings is 1. The number of halogens is 1. The lowest BCUT2D eigenvalue weighted by Crippen LogP contribution is -2.18. The van der Waals surface area contributed by atoms with Gasteiger partial charge in [0.05, 0.1) is 24.3 Å². The van der Waals surface area contributed by atoms with E-state index in [0.29, 0.717) is 6.61 Å². The first-order valence-corrected chi connectivity index (χ1v) is 9.84. The molecule has 1 N–H and O–H groups in total. The average Bonchev–Trinajstić information content (AvgIpc) is 3.37. The van der Waals surface area contributed by atoms with Crippen molar-refractivity contribution in [3.8, 4) is 28.4 Å². The van der Waals surface area contributed by atoms with Crippen LogP contribution in [-0.4, -0.2) is 36.6 Å². The van der Waals surface area contributed by atoms with Gasteiger partial charge in [0.25, 0.3) is 0 Å². The van der Waals surface area contributed by atoms with Gasteiger partial charge in [0, 0.05) is 41.0 Å². The second-order valence-corrected chi connectivity index (χ2v) is 7.54. The van der Waals surface area contributed by atoms with Crippen LogP contribution in [0.2, 0.25) is 5.02 Å². The van der Waals surface area contributed by atoms with E-state index in [9.17, 15) is 0 Å². The topological polar surface area (TPSA) is 81.5 Å². The summed E-state index contributed by atoms with van der Waals surface area (Å²) >= 11 is 6.45. The Morgan fingerprint density at radius 2 is 2.14 bits per heavy atom. The molecule has 8 heteroatoms. The largest absolute Gasteiger partial charge is 0.493 e. The Morgan fingerprint density at radius 1 is 1.21 bits per heavy atom. The summed E-state index contributed by atoms with van der Waals surface area (Å²) < 4.78 is 7.86. The third kappa shape index (κ3) is 3.38. The van der Waals surface area contributed by atoms with Gasteiger partial charge in [-0.05, 0) is 37.6 Å². The number of imidazole rings is 1. The number of fused-ring (bicyclic) bond motifs is 1. The van der Waals surface area contributed by atoms with Gasteiger partial charge in [-0.1, -0.05) is 17.7 Å². The smallest absolute Gasteiger partial charge is 0.124 e. The van der Waals surface area contributed by atoms with Gasteiger partial charge in [-0.3, -0.25) is 4.98 Å². The van der Waals surface area contributed by atoms with Gasteiger partial charge in [0.2, 0.25) is 0 Å². The van der Waals surface area contributed by atoms with Gasteiger partial charge in [0.15, 0.2) is 0 Å².